The van der Waals surface area contributed by atoms with E-state index in [1.807, 2.05) is 12.1 Å². The second-order valence-corrected chi connectivity index (χ2v) is 12.9. The maximum absolute atomic E-state index is 6.40. The predicted molar refractivity (Wildman–Crippen MR) is 214 cm³/mol. The quantitative estimate of drug-likeness (QED) is 0.178. The molecule has 0 spiro atoms. The van der Waals surface area contributed by atoms with Crippen LogP contribution >= 0.6 is 0 Å². The van der Waals surface area contributed by atoms with Crippen molar-refractivity contribution in [2.24, 2.45) is 0 Å². The van der Waals surface area contributed by atoms with Crippen LogP contribution in [0.15, 0.2) is 199 Å². The first-order chi connectivity index (χ1) is 25.3. The highest BCUT2D eigenvalue weighted by Crippen LogP contribution is 2.47. The van der Waals surface area contributed by atoms with Gasteiger partial charge in [-0.15, -0.1) is 0 Å². The molecule has 0 aliphatic carbocycles. The third-order valence-corrected chi connectivity index (χ3v) is 9.99. The molecule has 0 unspecified atom stereocenters. The molecule has 0 N–H and O–H groups in total. The number of aromatic nitrogens is 1. The number of hydrogen-bond acceptors (Lipinski definition) is 2. The SMILES string of the molecule is c1ccc(-c2ccc(N(c3ccccc3)c3ccc(-c4ccc5c(c4)oc4ccccc45)c4c3c3ccccc3n4-c3ccccc3)cc2)cc1. The number of para-hydroxylation sites is 4. The third-order valence-electron chi connectivity index (χ3n) is 9.99. The fraction of sp³-hybridized carbons (Fsp3) is 0. The van der Waals surface area contributed by atoms with Crippen molar-refractivity contribution < 1.29 is 4.42 Å². The lowest BCUT2D eigenvalue weighted by molar-refractivity contribution is 0.669. The van der Waals surface area contributed by atoms with Gasteiger partial charge in [-0.1, -0.05) is 127 Å². The first-order valence-corrected chi connectivity index (χ1v) is 17.4. The van der Waals surface area contributed by atoms with Crippen molar-refractivity contribution in [3.63, 3.8) is 0 Å². The lowest BCUT2D eigenvalue weighted by atomic mass is 9.98. The average molecular weight is 653 g/mol. The van der Waals surface area contributed by atoms with Crippen molar-refractivity contribution >= 4 is 60.8 Å². The zero-order valence-corrected chi connectivity index (χ0v) is 27.8. The van der Waals surface area contributed by atoms with Gasteiger partial charge in [-0.3, -0.25) is 0 Å². The summed E-state index contributed by atoms with van der Waals surface area (Å²) in [6, 6.07) is 69.1. The van der Waals surface area contributed by atoms with Gasteiger partial charge in [-0.25, -0.2) is 0 Å². The van der Waals surface area contributed by atoms with Gasteiger partial charge in [0, 0.05) is 44.2 Å². The van der Waals surface area contributed by atoms with E-state index in [4.69, 9.17) is 4.42 Å². The van der Waals surface area contributed by atoms with E-state index in [-0.39, 0.29) is 0 Å². The summed E-state index contributed by atoms with van der Waals surface area (Å²) in [5.74, 6) is 0. The van der Waals surface area contributed by atoms with Gasteiger partial charge in [0.25, 0.3) is 0 Å². The minimum Gasteiger partial charge on any atom is -0.456 e. The van der Waals surface area contributed by atoms with Crippen LogP contribution in [0.4, 0.5) is 17.1 Å². The van der Waals surface area contributed by atoms with Crippen molar-refractivity contribution in [3.8, 4) is 27.9 Å². The van der Waals surface area contributed by atoms with E-state index in [9.17, 15) is 0 Å². The number of fused-ring (bicyclic) bond motifs is 6. The fourth-order valence-electron chi connectivity index (χ4n) is 7.67. The molecule has 0 atom stereocenters. The van der Waals surface area contributed by atoms with Crippen LogP contribution in [-0.2, 0) is 0 Å². The van der Waals surface area contributed by atoms with Gasteiger partial charge in [0.05, 0.1) is 16.7 Å². The Morgan fingerprint density at radius 2 is 1.00 bits per heavy atom. The molecule has 8 aromatic carbocycles. The topological polar surface area (TPSA) is 21.3 Å². The molecule has 240 valence electrons. The van der Waals surface area contributed by atoms with E-state index in [2.05, 4.69) is 191 Å². The standard InChI is InChI=1S/C48H32N2O/c1-4-14-33(15-5-1)34-24-27-38(28-25-34)49(36-16-6-2-7-17-36)44-31-30-39(35-26-29-41-40-20-11-13-23-45(40)51-46(41)32-35)48-47(44)42-21-10-12-22-43(42)50(48)37-18-8-3-9-19-37/h1-32H. The molecule has 10 rings (SSSR count). The Balaban J connectivity index is 1.27. The third kappa shape index (κ3) is 4.82. The van der Waals surface area contributed by atoms with Crippen molar-refractivity contribution in [3.05, 3.63) is 194 Å². The molecule has 2 aromatic heterocycles. The van der Waals surface area contributed by atoms with Gasteiger partial charge >= 0.3 is 0 Å². The summed E-state index contributed by atoms with van der Waals surface area (Å²) in [5, 5.41) is 4.64. The van der Waals surface area contributed by atoms with E-state index in [0.717, 1.165) is 66.8 Å². The number of benzene rings is 8. The minimum atomic E-state index is 0.887. The minimum absolute atomic E-state index is 0.887. The Morgan fingerprint density at radius 1 is 0.412 bits per heavy atom. The molecular weight excluding hydrogens is 621 g/mol. The normalized spacial score (nSPS) is 11.5. The summed E-state index contributed by atoms with van der Waals surface area (Å²) in [5.41, 5.74) is 13.2. The van der Waals surface area contributed by atoms with Gasteiger partial charge in [-0.05, 0) is 83.4 Å². The summed E-state index contributed by atoms with van der Waals surface area (Å²) >= 11 is 0. The predicted octanol–water partition coefficient (Wildman–Crippen LogP) is 13.5. The van der Waals surface area contributed by atoms with E-state index >= 15 is 0 Å². The molecule has 3 nitrogen and oxygen atoms in total. The Labute approximate surface area is 295 Å². The molecule has 0 radical (unpaired) electrons. The number of anilines is 3. The molecule has 0 aliphatic heterocycles. The van der Waals surface area contributed by atoms with Gasteiger partial charge in [0.15, 0.2) is 0 Å². The van der Waals surface area contributed by atoms with Crippen molar-refractivity contribution in [1.82, 2.24) is 4.57 Å². The van der Waals surface area contributed by atoms with E-state index in [0.29, 0.717) is 0 Å². The molecule has 3 heteroatoms. The van der Waals surface area contributed by atoms with Crippen LogP contribution in [-0.4, -0.2) is 4.57 Å². The molecule has 2 heterocycles. The first kappa shape index (κ1) is 29.1. The molecule has 0 saturated carbocycles. The Hall–Kier alpha value is -6.84. The molecule has 0 saturated heterocycles. The van der Waals surface area contributed by atoms with Crippen LogP contribution < -0.4 is 4.90 Å². The second kappa shape index (κ2) is 11.9. The Kier molecular flexibility index (Phi) is 6.81. The zero-order chi connectivity index (χ0) is 33.7. The molecular formula is C48H32N2O. The van der Waals surface area contributed by atoms with Crippen LogP contribution in [0, 0.1) is 0 Å². The Morgan fingerprint density at radius 3 is 1.78 bits per heavy atom. The fourth-order valence-corrected chi connectivity index (χ4v) is 7.67. The molecule has 0 amide bonds. The summed E-state index contributed by atoms with van der Waals surface area (Å²) in [6.07, 6.45) is 0. The van der Waals surface area contributed by atoms with Crippen molar-refractivity contribution in [1.29, 1.82) is 0 Å². The van der Waals surface area contributed by atoms with Gasteiger partial charge < -0.3 is 13.9 Å². The Bertz CT molecular complexity index is 2830. The number of nitrogens with zero attached hydrogens (tertiary/aromatic N) is 2. The van der Waals surface area contributed by atoms with Crippen LogP contribution in [0.3, 0.4) is 0 Å². The number of rotatable bonds is 6. The lowest BCUT2D eigenvalue weighted by Crippen LogP contribution is -2.10. The number of hydrogen-bond donors (Lipinski definition) is 0. The maximum atomic E-state index is 6.40. The van der Waals surface area contributed by atoms with Crippen molar-refractivity contribution in [2.75, 3.05) is 4.90 Å². The summed E-state index contributed by atoms with van der Waals surface area (Å²) in [6.45, 7) is 0. The van der Waals surface area contributed by atoms with E-state index in [1.165, 1.54) is 21.9 Å². The second-order valence-electron chi connectivity index (χ2n) is 12.9. The molecule has 0 bridgehead atoms. The monoisotopic (exact) mass is 652 g/mol. The van der Waals surface area contributed by atoms with Gasteiger partial charge in [0.1, 0.15) is 11.2 Å². The highest BCUT2D eigenvalue weighted by molar-refractivity contribution is 6.20. The van der Waals surface area contributed by atoms with Crippen LogP contribution in [0.2, 0.25) is 0 Å². The average Bonchev–Trinajstić information content (AvgIpc) is 3.75. The summed E-state index contributed by atoms with van der Waals surface area (Å²) < 4.78 is 8.83. The summed E-state index contributed by atoms with van der Waals surface area (Å²) in [7, 11) is 0. The molecule has 0 aliphatic rings. The van der Waals surface area contributed by atoms with E-state index < -0.39 is 0 Å². The molecule has 51 heavy (non-hydrogen) atoms. The summed E-state index contributed by atoms with van der Waals surface area (Å²) in [4.78, 5) is 2.39. The highest BCUT2D eigenvalue weighted by atomic mass is 16.3. The maximum Gasteiger partial charge on any atom is 0.136 e. The van der Waals surface area contributed by atoms with Crippen LogP contribution in [0.5, 0.6) is 0 Å². The molecule has 0 fully saturated rings. The first-order valence-electron chi connectivity index (χ1n) is 17.4. The number of furan rings is 1. The lowest BCUT2D eigenvalue weighted by Gasteiger charge is -2.27. The van der Waals surface area contributed by atoms with Crippen LogP contribution in [0.1, 0.15) is 0 Å². The zero-order valence-electron chi connectivity index (χ0n) is 27.8. The largest absolute Gasteiger partial charge is 0.456 e. The highest BCUT2D eigenvalue weighted by Gasteiger charge is 2.24. The van der Waals surface area contributed by atoms with Gasteiger partial charge in [0.2, 0.25) is 0 Å². The smallest absolute Gasteiger partial charge is 0.136 e. The van der Waals surface area contributed by atoms with E-state index in [1.54, 1.807) is 0 Å². The van der Waals surface area contributed by atoms with Gasteiger partial charge in [-0.2, -0.15) is 0 Å². The van der Waals surface area contributed by atoms with Crippen molar-refractivity contribution in [2.45, 2.75) is 0 Å². The van der Waals surface area contributed by atoms with Crippen LogP contribution in [0.25, 0.3) is 71.7 Å². The molecule has 10 aromatic rings.